The number of anilines is 1. The lowest BCUT2D eigenvalue weighted by Crippen LogP contribution is -2.49. The van der Waals surface area contributed by atoms with Crippen molar-refractivity contribution >= 4 is 22.3 Å². The third kappa shape index (κ3) is 4.88. The van der Waals surface area contributed by atoms with Crippen LogP contribution in [0.5, 0.6) is 0 Å². The molecule has 1 aromatic rings. The summed E-state index contributed by atoms with van der Waals surface area (Å²) in [5, 5.41) is 10.8. The Bertz CT molecular complexity index is 505. The van der Waals surface area contributed by atoms with Gasteiger partial charge in [-0.3, -0.25) is 4.99 Å². The maximum atomic E-state index is 4.44. The van der Waals surface area contributed by atoms with Crippen LogP contribution < -0.4 is 15.5 Å². The third-order valence-electron chi connectivity index (χ3n) is 5.48. The molecule has 1 saturated carbocycles. The molecule has 1 saturated heterocycles. The average Bonchev–Trinajstić information content (AvgIpc) is 3.14. The van der Waals surface area contributed by atoms with Gasteiger partial charge < -0.3 is 15.5 Å². The minimum atomic E-state index is 0.540. The second kappa shape index (κ2) is 8.75. The predicted molar refractivity (Wildman–Crippen MR) is 105 cm³/mol. The van der Waals surface area contributed by atoms with E-state index < -0.39 is 0 Å². The van der Waals surface area contributed by atoms with Crippen LogP contribution in [0.3, 0.4) is 0 Å². The van der Waals surface area contributed by atoms with Crippen molar-refractivity contribution in [3.05, 3.63) is 17.5 Å². The summed E-state index contributed by atoms with van der Waals surface area (Å²) in [6.45, 7) is 5.73. The zero-order valence-corrected chi connectivity index (χ0v) is 15.9. The normalized spacial score (nSPS) is 26.4. The molecule has 4 nitrogen and oxygen atoms in total. The van der Waals surface area contributed by atoms with Crippen molar-refractivity contribution in [2.24, 2.45) is 16.8 Å². The van der Waals surface area contributed by atoms with Crippen LogP contribution in [-0.4, -0.2) is 38.7 Å². The average molecular weight is 349 g/mol. The molecule has 0 amide bonds. The summed E-state index contributed by atoms with van der Waals surface area (Å²) in [5.41, 5.74) is 0. The van der Waals surface area contributed by atoms with Crippen molar-refractivity contribution in [2.75, 3.05) is 31.6 Å². The number of nitrogens with zero attached hydrogens (tertiary/aromatic N) is 2. The number of thiophene rings is 1. The lowest BCUT2D eigenvalue weighted by Gasteiger charge is -2.34. The Morgan fingerprint density at radius 2 is 2.12 bits per heavy atom. The second-order valence-corrected chi connectivity index (χ2v) is 8.37. The summed E-state index contributed by atoms with van der Waals surface area (Å²) < 4.78 is 0. The second-order valence-electron chi connectivity index (χ2n) is 7.45. The Kier molecular flexibility index (Phi) is 6.41. The Balaban J connectivity index is 1.40. The molecule has 3 rings (SSSR count). The number of nitrogens with one attached hydrogen (secondary N) is 2. The molecule has 5 heteroatoms. The first-order valence-corrected chi connectivity index (χ1v) is 10.4. The van der Waals surface area contributed by atoms with E-state index in [1.54, 1.807) is 0 Å². The number of aliphatic imine (C=N–C) groups is 1. The van der Waals surface area contributed by atoms with E-state index in [9.17, 15) is 0 Å². The van der Waals surface area contributed by atoms with Gasteiger partial charge in [-0.15, -0.1) is 11.3 Å². The smallest absolute Gasteiger partial charge is 0.191 e. The summed E-state index contributed by atoms with van der Waals surface area (Å²) in [7, 11) is 1.89. The molecule has 2 aliphatic rings. The zero-order valence-electron chi connectivity index (χ0n) is 15.1. The largest absolute Gasteiger partial charge is 0.363 e. The van der Waals surface area contributed by atoms with Crippen LogP contribution in [0.4, 0.5) is 5.00 Å². The Hall–Kier alpha value is -1.23. The molecule has 2 fully saturated rings. The molecule has 0 aromatic carbocycles. The fourth-order valence-electron chi connectivity index (χ4n) is 4.07. The molecule has 2 atom stereocenters. The molecular formula is C19H32N4S. The van der Waals surface area contributed by atoms with Crippen LogP contribution in [0.2, 0.25) is 0 Å². The van der Waals surface area contributed by atoms with Crippen molar-refractivity contribution in [1.29, 1.82) is 0 Å². The van der Waals surface area contributed by atoms with E-state index in [2.05, 4.69) is 45.0 Å². The van der Waals surface area contributed by atoms with Gasteiger partial charge >= 0.3 is 0 Å². The standard InChI is InChI=1S/C19H32N4S/c1-15-5-3-6-16(13-15)14-21-19(20-2)22-17-8-10-23(11-9-17)18-7-4-12-24-18/h4,7,12,15-17H,3,5-6,8-11,13-14H2,1-2H3,(H2,20,21,22). The van der Waals surface area contributed by atoms with E-state index in [4.69, 9.17) is 0 Å². The maximum Gasteiger partial charge on any atom is 0.191 e. The zero-order chi connectivity index (χ0) is 16.8. The van der Waals surface area contributed by atoms with Gasteiger partial charge in [-0.1, -0.05) is 19.8 Å². The number of hydrogen-bond donors (Lipinski definition) is 2. The highest BCUT2D eigenvalue weighted by molar-refractivity contribution is 7.14. The predicted octanol–water partition coefficient (Wildman–Crippen LogP) is 3.71. The van der Waals surface area contributed by atoms with Gasteiger partial charge in [0.1, 0.15) is 0 Å². The summed E-state index contributed by atoms with van der Waals surface area (Å²) in [4.78, 5) is 6.94. The molecule has 2 N–H and O–H groups in total. The third-order valence-corrected chi connectivity index (χ3v) is 6.41. The van der Waals surface area contributed by atoms with Crippen molar-refractivity contribution < 1.29 is 0 Å². The summed E-state index contributed by atoms with van der Waals surface area (Å²) in [6, 6.07) is 4.91. The molecule has 0 spiro atoms. The van der Waals surface area contributed by atoms with Crippen LogP contribution in [0.25, 0.3) is 0 Å². The van der Waals surface area contributed by atoms with E-state index in [0.29, 0.717) is 6.04 Å². The van der Waals surface area contributed by atoms with Gasteiger partial charge in [-0.2, -0.15) is 0 Å². The lowest BCUT2D eigenvalue weighted by atomic mass is 9.82. The minimum absolute atomic E-state index is 0.540. The van der Waals surface area contributed by atoms with E-state index >= 15 is 0 Å². The van der Waals surface area contributed by atoms with Gasteiger partial charge in [-0.05, 0) is 55.0 Å². The van der Waals surface area contributed by atoms with Gasteiger partial charge in [0.05, 0.1) is 5.00 Å². The highest BCUT2D eigenvalue weighted by Gasteiger charge is 2.22. The van der Waals surface area contributed by atoms with Crippen LogP contribution in [0.1, 0.15) is 45.4 Å². The first kappa shape index (κ1) is 17.6. The Labute approximate surface area is 150 Å². The highest BCUT2D eigenvalue weighted by atomic mass is 32.1. The fourth-order valence-corrected chi connectivity index (χ4v) is 4.85. The van der Waals surface area contributed by atoms with E-state index in [1.165, 1.54) is 43.5 Å². The van der Waals surface area contributed by atoms with Crippen molar-refractivity contribution in [1.82, 2.24) is 10.6 Å². The van der Waals surface area contributed by atoms with Gasteiger partial charge in [0.2, 0.25) is 0 Å². The molecule has 0 bridgehead atoms. The van der Waals surface area contributed by atoms with Crippen LogP contribution in [0.15, 0.2) is 22.5 Å². The maximum absolute atomic E-state index is 4.44. The minimum Gasteiger partial charge on any atom is -0.363 e. The molecule has 0 radical (unpaired) electrons. The molecule has 2 heterocycles. The van der Waals surface area contributed by atoms with Gasteiger partial charge in [0.25, 0.3) is 0 Å². The first-order valence-electron chi connectivity index (χ1n) is 9.50. The van der Waals surface area contributed by atoms with Crippen molar-refractivity contribution in [3.8, 4) is 0 Å². The molecule has 1 aromatic heterocycles. The Morgan fingerprint density at radius 1 is 1.29 bits per heavy atom. The number of hydrogen-bond acceptors (Lipinski definition) is 3. The van der Waals surface area contributed by atoms with Gasteiger partial charge in [0.15, 0.2) is 5.96 Å². The number of guanidine groups is 1. The van der Waals surface area contributed by atoms with Gasteiger partial charge in [-0.25, -0.2) is 0 Å². The van der Waals surface area contributed by atoms with Crippen molar-refractivity contribution in [3.63, 3.8) is 0 Å². The van der Waals surface area contributed by atoms with E-state index in [1.807, 2.05) is 18.4 Å². The fraction of sp³-hybridized carbons (Fsp3) is 0.737. The first-order chi connectivity index (χ1) is 11.7. The highest BCUT2D eigenvalue weighted by Crippen LogP contribution is 2.28. The Morgan fingerprint density at radius 3 is 2.79 bits per heavy atom. The molecule has 134 valence electrons. The van der Waals surface area contributed by atoms with Gasteiger partial charge in [0, 0.05) is 32.7 Å². The summed E-state index contributed by atoms with van der Waals surface area (Å²) in [6.07, 6.45) is 7.89. The quantitative estimate of drug-likeness (QED) is 0.644. The monoisotopic (exact) mass is 348 g/mol. The van der Waals surface area contributed by atoms with Crippen molar-refractivity contribution in [2.45, 2.75) is 51.5 Å². The molecular weight excluding hydrogens is 316 g/mol. The molecule has 1 aliphatic heterocycles. The molecule has 2 unspecified atom stereocenters. The SMILES string of the molecule is CN=C(NCC1CCCC(C)C1)NC1CCN(c2cccs2)CC1. The summed E-state index contributed by atoms with van der Waals surface area (Å²) >= 11 is 1.84. The molecule has 1 aliphatic carbocycles. The number of piperidine rings is 1. The molecule has 24 heavy (non-hydrogen) atoms. The summed E-state index contributed by atoms with van der Waals surface area (Å²) in [5.74, 6) is 2.69. The lowest BCUT2D eigenvalue weighted by molar-refractivity contribution is 0.282. The van der Waals surface area contributed by atoms with E-state index in [0.717, 1.165) is 37.4 Å². The van der Waals surface area contributed by atoms with Crippen LogP contribution >= 0.6 is 11.3 Å². The topological polar surface area (TPSA) is 39.7 Å². The van der Waals surface area contributed by atoms with Crippen LogP contribution in [0, 0.1) is 11.8 Å². The number of rotatable bonds is 4. The van der Waals surface area contributed by atoms with Crippen LogP contribution in [-0.2, 0) is 0 Å². The van der Waals surface area contributed by atoms with E-state index in [-0.39, 0.29) is 0 Å².